The van der Waals surface area contributed by atoms with Gasteiger partial charge in [0.1, 0.15) is 0 Å². The number of aromatic hydroxyl groups is 1. The van der Waals surface area contributed by atoms with E-state index in [0.717, 1.165) is 37.6 Å². The van der Waals surface area contributed by atoms with Crippen molar-refractivity contribution in [1.29, 1.82) is 0 Å². The van der Waals surface area contributed by atoms with Crippen LogP contribution in [0.4, 0.5) is 4.39 Å². The van der Waals surface area contributed by atoms with E-state index in [1.165, 1.54) is 12.1 Å². The molecular weight excluding hydrogens is 446 g/mol. The van der Waals surface area contributed by atoms with E-state index in [1.54, 1.807) is 6.07 Å². The first-order valence-electron chi connectivity index (χ1n) is 9.10. The first-order valence-corrected chi connectivity index (χ1v) is 9.10. The number of halogens is 2. The smallest absolute Gasteiger partial charge is 0.191 e. The molecule has 150 valence electrons. The van der Waals surface area contributed by atoms with Crippen LogP contribution in [0.1, 0.15) is 46.6 Å². The van der Waals surface area contributed by atoms with Crippen LogP contribution in [0.3, 0.4) is 0 Å². The van der Waals surface area contributed by atoms with Crippen LogP contribution in [0, 0.1) is 5.82 Å². The predicted molar refractivity (Wildman–Crippen MR) is 118 cm³/mol. The van der Waals surface area contributed by atoms with Crippen LogP contribution in [0.15, 0.2) is 23.2 Å². The molecule has 0 radical (unpaired) electrons. The molecule has 0 saturated carbocycles. The summed E-state index contributed by atoms with van der Waals surface area (Å²) in [5, 5.41) is 15.7. The van der Waals surface area contributed by atoms with Gasteiger partial charge in [0, 0.05) is 31.7 Å². The van der Waals surface area contributed by atoms with E-state index >= 15 is 0 Å². The quantitative estimate of drug-likeness (QED) is 0.218. The summed E-state index contributed by atoms with van der Waals surface area (Å²) in [6, 6.07) is 5.41. The van der Waals surface area contributed by atoms with Crippen molar-refractivity contribution in [2.45, 2.75) is 59.7 Å². The van der Waals surface area contributed by atoms with Crippen molar-refractivity contribution < 1.29 is 9.50 Å². The van der Waals surface area contributed by atoms with Crippen LogP contribution >= 0.6 is 24.0 Å². The van der Waals surface area contributed by atoms with E-state index in [2.05, 4.69) is 48.2 Å². The van der Waals surface area contributed by atoms with Crippen LogP contribution in [-0.4, -0.2) is 47.7 Å². The number of benzene rings is 1. The second kappa shape index (κ2) is 13.1. The van der Waals surface area contributed by atoms with Crippen molar-refractivity contribution >= 4 is 29.9 Å². The molecule has 0 aromatic heterocycles. The van der Waals surface area contributed by atoms with Crippen LogP contribution in [-0.2, 0) is 6.54 Å². The highest BCUT2D eigenvalue weighted by atomic mass is 127. The Morgan fingerprint density at radius 3 is 2.38 bits per heavy atom. The summed E-state index contributed by atoms with van der Waals surface area (Å²) in [7, 11) is 0. The van der Waals surface area contributed by atoms with Gasteiger partial charge in [-0.1, -0.05) is 6.07 Å². The maximum atomic E-state index is 13.4. The first kappa shape index (κ1) is 24.9. The van der Waals surface area contributed by atoms with Gasteiger partial charge in [-0.25, -0.2) is 9.38 Å². The summed E-state index contributed by atoms with van der Waals surface area (Å²) >= 11 is 0. The molecule has 3 N–H and O–H groups in total. The van der Waals surface area contributed by atoms with Gasteiger partial charge < -0.3 is 15.7 Å². The van der Waals surface area contributed by atoms with E-state index in [0.29, 0.717) is 18.6 Å². The number of nitrogens with one attached hydrogen (secondary N) is 2. The maximum Gasteiger partial charge on any atom is 0.191 e. The molecule has 0 aliphatic carbocycles. The molecule has 7 heteroatoms. The fourth-order valence-corrected chi connectivity index (χ4v) is 2.74. The standard InChI is InChI=1S/C19H33FN4O.HI/c1-6-21-19(22-10-7-11-24(14(2)3)15(4)5)23-13-16-8-9-18(25)17(20)12-16;/h8-9,12,14-15,25H,6-7,10-11,13H2,1-5H3,(H2,21,22,23);1H. The minimum absolute atomic E-state index is 0. The number of phenols is 1. The molecule has 0 saturated heterocycles. The van der Waals surface area contributed by atoms with Gasteiger partial charge in [-0.3, -0.25) is 4.90 Å². The van der Waals surface area contributed by atoms with Crippen molar-refractivity contribution in [3.63, 3.8) is 0 Å². The zero-order valence-electron chi connectivity index (χ0n) is 16.6. The van der Waals surface area contributed by atoms with Crippen molar-refractivity contribution in [3.05, 3.63) is 29.6 Å². The third-order valence-corrected chi connectivity index (χ3v) is 3.99. The van der Waals surface area contributed by atoms with E-state index < -0.39 is 5.82 Å². The average molecular weight is 480 g/mol. The molecule has 1 rings (SSSR count). The highest BCUT2D eigenvalue weighted by Gasteiger charge is 2.12. The third kappa shape index (κ3) is 9.02. The third-order valence-electron chi connectivity index (χ3n) is 3.99. The Hall–Kier alpha value is -1.09. The number of nitrogens with zero attached hydrogens (tertiary/aromatic N) is 2. The molecular formula is C19H34FIN4O. The highest BCUT2D eigenvalue weighted by molar-refractivity contribution is 14.0. The minimum Gasteiger partial charge on any atom is -0.505 e. The van der Waals surface area contributed by atoms with E-state index in [1.807, 2.05) is 6.92 Å². The zero-order chi connectivity index (χ0) is 18.8. The molecule has 0 aliphatic heterocycles. The van der Waals surface area contributed by atoms with Gasteiger partial charge in [-0.2, -0.15) is 0 Å². The number of aliphatic imine (C=N–C) groups is 1. The molecule has 1 aromatic rings. The van der Waals surface area contributed by atoms with Gasteiger partial charge in [0.2, 0.25) is 0 Å². The molecule has 0 unspecified atom stereocenters. The molecule has 0 atom stereocenters. The van der Waals surface area contributed by atoms with E-state index in [9.17, 15) is 9.50 Å². The number of phenolic OH excluding ortho intramolecular Hbond substituents is 1. The monoisotopic (exact) mass is 480 g/mol. The molecule has 0 amide bonds. The Kier molecular flexibility index (Phi) is 12.6. The molecule has 0 aliphatic rings. The zero-order valence-corrected chi connectivity index (χ0v) is 18.9. The second-order valence-electron chi connectivity index (χ2n) is 6.69. The Morgan fingerprint density at radius 1 is 1.19 bits per heavy atom. The number of hydrogen-bond donors (Lipinski definition) is 3. The summed E-state index contributed by atoms with van der Waals surface area (Å²) in [6.07, 6.45) is 1.02. The molecule has 5 nitrogen and oxygen atoms in total. The summed E-state index contributed by atoms with van der Waals surface area (Å²) < 4.78 is 13.4. The summed E-state index contributed by atoms with van der Waals surface area (Å²) in [6.45, 7) is 13.9. The highest BCUT2D eigenvalue weighted by Crippen LogP contribution is 2.16. The maximum absolute atomic E-state index is 13.4. The lowest BCUT2D eigenvalue weighted by molar-refractivity contribution is 0.173. The summed E-state index contributed by atoms with van der Waals surface area (Å²) in [5.74, 6) is -0.234. The Bertz CT molecular complexity index is 544. The Morgan fingerprint density at radius 2 is 1.85 bits per heavy atom. The van der Waals surface area contributed by atoms with Crippen molar-refractivity contribution in [1.82, 2.24) is 15.5 Å². The van der Waals surface area contributed by atoms with Crippen LogP contribution < -0.4 is 10.6 Å². The van der Waals surface area contributed by atoms with Crippen molar-refractivity contribution in [2.75, 3.05) is 19.6 Å². The van der Waals surface area contributed by atoms with Gasteiger partial charge in [-0.05, 0) is 58.7 Å². The van der Waals surface area contributed by atoms with Crippen LogP contribution in [0.5, 0.6) is 5.75 Å². The van der Waals surface area contributed by atoms with Crippen LogP contribution in [0.25, 0.3) is 0 Å². The minimum atomic E-state index is -0.617. The molecule has 0 fully saturated rings. The topological polar surface area (TPSA) is 59.9 Å². The van der Waals surface area contributed by atoms with Crippen LogP contribution in [0.2, 0.25) is 0 Å². The Labute approximate surface area is 174 Å². The second-order valence-corrected chi connectivity index (χ2v) is 6.69. The molecule has 0 heterocycles. The molecule has 26 heavy (non-hydrogen) atoms. The number of rotatable bonds is 9. The van der Waals surface area contributed by atoms with Gasteiger partial charge >= 0.3 is 0 Å². The van der Waals surface area contributed by atoms with Crippen molar-refractivity contribution in [3.8, 4) is 5.75 Å². The molecule has 1 aromatic carbocycles. The summed E-state index contributed by atoms with van der Waals surface area (Å²) in [5.41, 5.74) is 0.721. The van der Waals surface area contributed by atoms with E-state index in [-0.39, 0.29) is 29.7 Å². The van der Waals surface area contributed by atoms with Crippen molar-refractivity contribution in [2.24, 2.45) is 4.99 Å². The SMILES string of the molecule is CCNC(=NCc1ccc(O)c(F)c1)NCCCN(C(C)C)C(C)C.I. The lowest BCUT2D eigenvalue weighted by Crippen LogP contribution is -2.41. The first-order chi connectivity index (χ1) is 11.8. The number of hydrogen-bond acceptors (Lipinski definition) is 3. The van der Waals surface area contributed by atoms with Gasteiger partial charge in [0.05, 0.1) is 6.54 Å². The average Bonchev–Trinajstić information content (AvgIpc) is 2.54. The fourth-order valence-electron chi connectivity index (χ4n) is 2.74. The lowest BCUT2D eigenvalue weighted by Gasteiger charge is -2.30. The number of guanidine groups is 1. The van der Waals surface area contributed by atoms with E-state index in [4.69, 9.17) is 0 Å². The van der Waals surface area contributed by atoms with Gasteiger partial charge in [-0.15, -0.1) is 24.0 Å². The summed E-state index contributed by atoms with van der Waals surface area (Å²) in [4.78, 5) is 6.94. The normalized spacial score (nSPS) is 11.8. The largest absolute Gasteiger partial charge is 0.505 e. The predicted octanol–water partition coefficient (Wildman–Crippen LogP) is 3.71. The van der Waals surface area contributed by atoms with Gasteiger partial charge in [0.25, 0.3) is 0 Å². The Balaban J connectivity index is 0.00000625. The fraction of sp³-hybridized carbons (Fsp3) is 0.632. The molecule has 0 spiro atoms. The van der Waals surface area contributed by atoms with Gasteiger partial charge in [0.15, 0.2) is 17.5 Å². The molecule has 0 bridgehead atoms. The lowest BCUT2D eigenvalue weighted by atomic mass is 10.2.